The van der Waals surface area contributed by atoms with Gasteiger partial charge in [0.25, 0.3) is 0 Å². The standard InChI is InChI=1S/C23H22FN3O3/c1-30-19-5-2-4-16(14-19)23-20-6-3-11-26(20)12-13-27(23)22(29)15-21(28)25-18-9-7-17(24)8-10-18/h2-11,14,23H,12-13,15H2,1H3,(H,25,28)/t23-/m0/s1. The summed E-state index contributed by atoms with van der Waals surface area (Å²) in [5.74, 6) is -0.383. The zero-order valence-corrected chi connectivity index (χ0v) is 16.5. The van der Waals surface area contributed by atoms with Crippen molar-refractivity contribution in [1.29, 1.82) is 0 Å². The number of amides is 2. The second kappa shape index (κ2) is 8.41. The lowest BCUT2D eigenvalue weighted by Crippen LogP contribution is -2.43. The van der Waals surface area contributed by atoms with Gasteiger partial charge in [0.15, 0.2) is 0 Å². The van der Waals surface area contributed by atoms with E-state index >= 15 is 0 Å². The molecule has 1 aromatic heterocycles. The number of carbonyl (C=O) groups is 2. The zero-order valence-electron chi connectivity index (χ0n) is 16.5. The van der Waals surface area contributed by atoms with Crippen LogP contribution in [0.2, 0.25) is 0 Å². The summed E-state index contributed by atoms with van der Waals surface area (Å²) >= 11 is 0. The van der Waals surface area contributed by atoms with Gasteiger partial charge in [-0.25, -0.2) is 4.39 Å². The van der Waals surface area contributed by atoms with Crippen molar-refractivity contribution in [3.63, 3.8) is 0 Å². The molecule has 6 nitrogen and oxygen atoms in total. The number of fused-ring (bicyclic) bond motifs is 1. The van der Waals surface area contributed by atoms with Gasteiger partial charge in [-0.15, -0.1) is 0 Å². The molecule has 2 amide bonds. The van der Waals surface area contributed by atoms with Gasteiger partial charge >= 0.3 is 0 Å². The maximum absolute atomic E-state index is 13.1. The number of hydrogen-bond donors (Lipinski definition) is 1. The second-order valence-corrected chi connectivity index (χ2v) is 7.12. The van der Waals surface area contributed by atoms with Gasteiger partial charge in [0.05, 0.1) is 13.2 Å². The number of ether oxygens (including phenoxy) is 1. The Kier molecular flexibility index (Phi) is 5.52. The number of benzene rings is 2. The van der Waals surface area contributed by atoms with Crippen molar-refractivity contribution in [2.45, 2.75) is 19.0 Å². The molecule has 0 aliphatic carbocycles. The van der Waals surface area contributed by atoms with Gasteiger partial charge in [0, 0.05) is 30.7 Å². The van der Waals surface area contributed by atoms with Crippen LogP contribution in [-0.4, -0.2) is 34.9 Å². The SMILES string of the molecule is COc1cccc([C@H]2c3cccn3CCN2C(=O)CC(=O)Nc2ccc(F)cc2)c1. The molecule has 1 atom stereocenters. The molecule has 1 aliphatic heterocycles. The molecular weight excluding hydrogens is 385 g/mol. The van der Waals surface area contributed by atoms with Crippen molar-refractivity contribution < 1.29 is 18.7 Å². The summed E-state index contributed by atoms with van der Waals surface area (Å²) in [7, 11) is 1.60. The van der Waals surface area contributed by atoms with Crippen molar-refractivity contribution in [1.82, 2.24) is 9.47 Å². The molecular formula is C23H22FN3O3. The molecule has 4 rings (SSSR count). The van der Waals surface area contributed by atoms with Crippen LogP contribution in [0.1, 0.15) is 23.7 Å². The molecule has 154 valence electrons. The largest absolute Gasteiger partial charge is 0.497 e. The Labute approximate surface area is 173 Å². The number of hydrogen-bond acceptors (Lipinski definition) is 3. The molecule has 0 saturated heterocycles. The predicted octanol–water partition coefficient (Wildman–Crippen LogP) is 3.60. The Balaban J connectivity index is 1.55. The number of nitrogens with one attached hydrogen (secondary N) is 1. The van der Waals surface area contributed by atoms with Crippen LogP contribution in [0.5, 0.6) is 5.75 Å². The fraction of sp³-hybridized carbons (Fsp3) is 0.217. The van der Waals surface area contributed by atoms with Crippen LogP contribution in [0.3, 0.4) is 0 Å². The topological polar surface area (TPSA) is 63.6 Å². The summed E-state index contributed by atoms with van der Waals surface area (Å²) in [5.41, 5.74) is 2.36. The zero-order chi connectivity index (χ0) is 21.1. The predicted molar refractivity (Wildman–Crippen MR) is 111 cm³/mol. The molecule has 0 radical (unpaired) electrons. The molecule has 0 saturated carbocycles. The van der Waals surface area contributed by atoms with Crippen LogP contribution < -0.4 is 10.1 Å². The lowest BCUT2D eigenvalue weighted by molar-refractivity contribution is -0.136. The first-order chi connectivity index (χ1) is 14.5. The Morgan fingerprint density at radius 2 is 1.90 bits per heavy atom. The summed E-state index contributed by atoms with van der Waals surface area (Å²) in [5, 5.41) is 2.65. The maximum Gasteiger partial charge on any atom is 0.233 e. The first-order valence-corrected chi connectivity index (χ1v) is 9.69. The minimum Gasteiger partial charge on any atom is -0.497 e. The normalized spacial score (nSPS) is 15.4. The lowest BCUT2D eigenvalue weighted by atomic mass is 9.99. The first kappa shape index (κ1) is 19.7. The molecule has 0 bridgehead atoms. The number of anilines is 1. The van der Waals surface area contributed by atoms with Gasteiger partial charge in [-0.3, -0.25) is 9.59 Å². The second-order valence-electron chi connectivity index (χ2n) is 7.12. The summed E-state index contributed by atoms with van der Waals surface area (Å²) in [4.78, 5) is 27.2. The third-order valence-corrected chi connectivity index (χ3v) is 5.21. The number of aromatic nitrogens is 1. The van der Waals surface area contributed by atoms with E-state index in [1.807, 2.05) is 42.6 Å². The summed E-state index contributed by atoms with van der Waals surface area (Å²) < 4.78 is 20.5. The van der Waals surface area contributed by atoms with Crippen molar-refractivity contribution >= 4 is 17.5 Å². The summed E-state index contributed by atoms with van der Waals surface area (Å²) in [6.07, 6.45) is 1.70. The monoisotopic (exact) mass is 407 g/mol. The molecule has 2 aromatic carbocycles. The van der Waals surface area contributed by atoms with Crippen molar-refractivity contribution in [3.8, 4) is 5.75 Å². The van der Waals surface area contributed by atoms with E-state index in [2.05, 4.69) is 9.88 Å². The fourth-order valence-electron chi connectivity index (χ4n) is 3.79. The van der Waals surface area contributed by atoms with Crippen LogP contribution >= 0.6 is 0 Å². The van der Waals surface area contributed by atoms with E-state index in [1.165, 1.54) is 24.3 Å². The first-order valence-electron chi connectivity index (χ1n) is 9.69. The van der Waals surface area contributed by atoms with Crippen LogP contribution in [0, 0.1) is 5.82 Å². The van der Waals surface area contributed by atoms with Crippen LogP contribution in [0.4, 0.5) is 10.1 Å². The highest BCUT2D eigenvalue weighted by molar-refractivity contribution is 6.03. The van der Waals surface area contributed by atoms with Crippen LogP contribution in [-0.2, 0) is 16.1 Å². The molecule has 7 heteroatoms. The Morgan fingerprint density at radius 3 is 2.67 bits per heavy atom. The maximum atomic E-state index is 13.1. The number of rotatable bonds is 5. The average Bonchev–Trinajstić information content (AvgIpc) is 3.23. The number of halogens is 1. The minimum absolute atomic E-state index is 0.269. The Hall–Kier alpha value is -3.61. The van der Waals surface area contributed by atoms with E-state index < -0.39 is 5.91 Å². The Bertz CT molecular complexity index is 1060. The molecule has 0 fully saturated rings. The van der Waals surface area contributed by atoms with E-state index in [1.54, 1.807) is 12.0 Å². The Morgan fingerprint density at radius 1 is 1.10 bits per heavy atom. The summed E-state index contributed by atoms with van der Waals surface area (Å²) in [6.45, 7) is 1.15. The molecule has 30 heavy (non-hydrogen) atoms. The molecule has 0 spiro atoms. The third kappa shape index (κ3) is 4.05. The van der Waals surface area contributed by atoms with Gasteiger partial charge in [0.2, 0.25) is 11.8 Å². The molecule has 1 N–H and O–H groups in total. The number of carbonyl (C=O) groups excluding carboxylic acids is 2. The molecule has 2 heterocycles. The van der Waals surface area contributed by atoms with Gasteiger partial charge < -0.3 is 19.5 Å². The van der Waals surface area contributed by atoms with Gasteiger partial charge in [-0.2, -0.15) is 0 Å². The van der Waals surface area contributed by atoms with Gasteiger partial charge in [-0.05, 0) is 54.1 Å². The third-order valence-electron chi connectivity index (χ3n) is 5.21. The van der Waals surface area contributed by atoms with Gasteiger partial charge in [-0.1, -0.05) is 12.1 Å². The van der Waals surface area contributed by atoms with Crippen molar-refractivity contribution in [2.75, 3.05) is 19.0 Å². The average molecular weight is 407 g/mol. The number of nitrogens with zero attached hydrogens (tertiary/aromatic N) is 2. The fourth-order valence-corrected chi connectivity index (χ4v) is 3.79. The van der Waals surface area contributed by atoms with Crippen molar-refractivity contribution in [2.24, 2.45) is 0 Å². The molecule has 0 unspecified atom stereocenters. The van der Waals surface area contributed by atoms with E-state index in [9.17, 15) is 14.0 Å². The highest BCUT2D eigenvalue weighted by Gasteiger charge is 2.33. The minimum atomic E-state index is -0.433. The van der Waals surface area contributed by atoms with E-state index in [0.717, 1.165) is 11.3 Å². The highest BCUT2D eigenvalue weighted by atomic mass is 19.1. The summed E-state index contributed by atoms with van der Waals surface area (Å²) in [6, 6.07) is 16.7. The number of methoxy groups -OCH3 is 1. The highest BCUT2D eigenvalue weighted by Crippen LogP contribution is 2.34. The van der Waals surface area contributed by atoms with E-state index in [-0.39, 0.29) is 24.2 Å². The van der Waals surface area contributed by atoms with E-state index in [0.29, 0.717) is 24.5 Å². The quantitative estimate of drug-likeness (QED) is 0.658. The van der Waals surface area contributed by atoms with E-state index in [4.69, 9.17) is 4.74 Å². The molecule has 1 aliphatic rings. The smallest absolute Gasteiger partial charge is 0.233 e. The molecule has 3 aromatic rings. The lowest BCUT2D eigenvalue weighted by Gasteiger charge is -2.37. The van der Waals surface area contributed by atoms with Gasteiger partial charge in [0.1, 0.15) is 18.0 Å². The van der Waals surface area contributed by atoms with Crippen LogP contribution in [0.15, 0.2) is 66.9 Å². The van der Waals surface area contributed by atoms with Crippen LogP contribution in [0.25, 0.3) is 0 Å². The van der Waals surface area contributed by atoms with Crippen molar-refractivity contribution in [3.05, 3.63) is 83.9 Å².